The van der Waals surface area contributed by atoms with Crippen LogP contribution in [0.3, 0.4) is 0 Å². The van der Waals surface area contributed by atoms with E-state index in [-0.39, 0.29) is 5.91 Å². The number of nitrogens with zero attached hydrogens (tertiary/aromatic N) is 4. The van der Waals surface area contributed by atoms with Gasteiger partial charge in [-0.3, -0.25) is 4.79 Å². The number of fused-ring (bicyclic) bond motifs is 1. The number of rotatable bonds is 5. The Balaban J connectivity index is 1.52. The first kappa shape index (κ1) is 12.6. The maximum atomic E-state index is 11.3. The Morgan fingerprint density at radius 2 is 2.30 bits per heavy atom. The number of aromatic nitrogens is 4. The van der Waals surface area contributed by atoms with E-state index >= 15 is 0 Å². The molecule has 1 amide bonds. The monoisotopic (exact) mass is 273 g/mol. The van der Waals surface area contributed by atoms with Crippen LogP contribution < -0.4 is 10.1 Å². The number of hydrogen-bond acceptors (Lipinski definition) is 5. The Hall–Kier alpha value is -2.44. The van der Waals surface area contributed by atoms with Crippen molar-refractivity contribution in [1.29, 1.82) is 0 Å². The Bertz CT molecular complexity index is 597. The van der Waals surface area contributed by atoms with Crippen molar-refractivity contribution in [3.8, 4) is 5.75 Å². The maximum Gasteiger partial charge on any atom is 0.224 e. The van der Waals surface area contributed by atoms with Crippen molar-refractivity contribution in [1.82, 2.24) is 20.2 Å². The third-order valence-corrected chi connectivity index (χ3v) is 3.13. The molecule has 0 atom stereocenters. The van der Waals surface area contributed by atoms with E-state index in [1.54, 1.807) is 0 Å². The van der Waals surface area contributed by atoms with Crippen LogP contribution in [0.1, 0.15) is 18.4 Å². The predicted molar refractivity (Wildman–Crippen MR) is 71.3 cm³/mol. The standard InChI is InChI=1S/C13H15N5O2/c19-13-5-2-10-8-11(3-4-12(10)16-13)20-7-1-6-18-15-9-14-17-18/h3-4,8-9H,1-2,5-7H2,(H,16,19). The number of ether oxygens (including phenoxy) is 1. The normalized spacial score (nSPS) is 13.7. The second-order valence-corrected chi connectivity index (χ2v) is 4.60. The van der Waals surface area contributed by atoms with E-state index in [1.807, 2.05) is 18.2 Å². The van der Waals surface area contributed by atoms with Crippen LogP contribution in [0, 0.1) is 0 Å². The molecule has 1 aromatic heterocycles. The van der Waals surface area contributed by atoms with Crippen LogP contribution in [-0.2, 0) is 17.8 Å². The smallest absolute Gasteiger partial charge is 0.224 e. The van der Waals surface area contributed by atoms with E-state index in [0.717, 1.165) is 29.8 Å². The highest BCUT2D eigenvalue weighted by molar-refractivity contribution is 5.93. The van der Waals surface area contributed by atoms with Gasteiger partial charge in [-0.15, -0.1) is 10.2 Å². The highest BCUT2D eigenvalue weighted by atomic mass is 16.5. The van der Waals surface area contributed by atoms with Gasteiger partial charge in [0.25, 0.3) is 0 Å². The Kier molecular flexibility index (Phi) is 3.58. The maximum absolute atomic E-state index is 11.3. The van der Waals surface area contributed by atoms with Crippen LogP contribution in [-0.4, -0.2) is 32.7 Å². The lowest BCUT2D eigenvalue weighted by Gasteiger charge is -2.17. The lowest BCUT2D eigenvalue weighted by atomic mass is 10.0. The molecule has 7 nitrogen and oxygen atoms in total. The number of carbonyl (C=O) groups is 1. The Morgan fingerprint density at radius 3 is 3.15 bits per heavy atom. The summed E-state index contributed by atoms with van der Waals surface area (Å²) in [6, 6.07) is 5.75. The molecule has 0 unspecified atom stereocenters. The largest absolute Gasteiger partial charge is 0.494 e. The number of benzene rings is 1. The summed E-state index contributed by atoms with van der Waals surface area (Å²) in [5.41, 5.74) is 2.01. The molecular weight excluding hydrogens is 258 g/mol. The molecule has 2 aromatic rings. The molecule has 20 heavy (non-hydrogen) atoms. The molecule has 3 rings (SSSR count). The summed E-state index contributed by atoms with van der Waals surface area (Å²) < 4.78 is 5.70. The van der Waals surface area contributed by atoms with Crippen LogP contribution in [0.15, 0.2) is 24.5 Å². The SMILES string of the molecule is O=C1CCc2cc(OCCCn3ncnn3)ccc2N1. The number of tetrazole rings is 1. The lowest BCUT2D eigenvalue weighted by Crippen LogP contribution is -2.18. The summed E-state index contributed by atoms with van der Waals surface area (Å²) in [6.07, 6.45) is 3.53. The average molecular weight is 273 g/mol. The van der Waals surface area contributed by atoms with Gasteiger partial charge in [0, 0.05) is 18.5 Å². The zero-order valence-corrected chi connectivity index (χ0v) is 11.0. The highest BCUT2D eigenvalue weighted by Crippen LogP contribution is 2.26. The fourth-order valence-electron chi connectivity index (χ4n) is 2.14. The predicted octanol–water partition coefficient (Wildman–Crippen LogP) is 1.03. The van der Waals surface area contributed by atoms with Crippen molar-refractivity contribution >= 4 is 11.6 Å². The third kappa shape index (κ3) is 2.93. The lowest BCUT2D eigenvalue weighted by molar-refractivity contribution is -0.116. The number of anilines is 1. The van der Waals surface area contributed by atoms with E-state index < -0.39 is 0 Å². The number of aryl methyl sites for hydroxylation is 2. The van der Waals surface area contributed by atoms with Crippen LogP contribution in [0.4, 0.5) is 5.69 Å². The van der Waals surface area contributed by atoms with E-state index in [1.165, 1.54) is 11.1 Å². The van der Waals surface area contributed by atoms with Gasteiger partial charge in [-0.1, -0.05) is 0 Å². The zero-order chi connectivity index (χ0) is 13.8. The molecule has 2 heterocycles. The van der Waals surface area contributed by atoms with Gasteiger partial charge in [0.15, 0.2) is 6.33 Å². The molecule has 1 aliphatic heterocycles. The van der Waals surface area contributed by atoms with Crippen molar-refractivity contribution in [3.05, 3.63) is 30.1 Å². The van der Waals surface area contributed by atoms with Crippen molar-refractivity contribution in [2.24, 2.45) is 0 Å². The molecule has 0 aliphatic carbocycles. The topological polar surface area (TPSA) is 81.9 Å². The van der Waals surface area contributed by atoms with Gasteiger partial charge in [0.1, 0.15) is 5.75 Å². The van der Waals surface area contributed by atoms with Gasteiger partial charge in [0.05, 0.1) is 13.2 Å². The molecule has 0 radical (unpaired) electrons. The van der Waals surface area contributed by atoms with Gasteiger partial charge in [0.2, 0.25) is 5.91 Å². The minimum Gasteiger partial charge on any atom is -0.494 e. The first-order chi connectivity index (χ1) is 9.81. The molecule has 0 saturated carbocycles. The molecule has 0 spiro atoms. The second kappa shape index (κ2) is 5.68. The van der Waals surface area contributed by atoms with Gasteiger partial charge < -0.3 is 10.1 Å². The van der Waals surface area contributed by atoms with E-state index in [0.29, 0.717) is 19.6 Å². The van der Waals surface area contributed by atoms with Crippen molar-refractivity contribution in [2.45, 2.75) is 25.8 Å². The number of amides is 1. The number of nitrogens with one attached hydrogen (secondary N) is 1. The molecule has 1 N–H and O–H groups in total. The van der Waals surface area contributed by atoms with Gasteiger partial charge >= 0.3 is 0 Å². The Labute approximate surface area is 115 Å². The molecule has 0 bridgehead atoms. The van der Waals surface area contributed by atoms with Crippen LogP contribution in [0.5, 0.6) is 5.75 Å². The molecule has 104 valence electrons. The Morgan fingerprint density at radius 1 is 1.35 bits per heavy atom. The number of carbonyl (C=O) groups excluding carboxylic acids is 1. The molecule has 0 fully saturated rings. The summed E-state index contributed by atoms with van der Waals surface area (Å²) in [4.78, 5) is 12.8. The zero-order valence-electron chi connectivity index (χ0n) is 11.0. The van der Waals surface area contributed by atoms with E-state index in [4.69, 9.17) is 4.74 Å². The van der Waals surface area contributed by atoms with Crippen molar-refractivity contribution < 1.29 is 9.53 Å². The molecule has 1 aliphatic rings. The number of hydrogen-bond donors (Lipinski definition) is 1. The van der Waals surface area contributed by atoms with Gasteiger partial charge in [-0.05, 0) is 35.4 Å². The first-order valence-electron chi connectivity index (χ1n) is 6.57. The summed E-state index contributed by atoms with van der Waals surface area (Å²) in [5, 5.41) is 14.2. The van der Waals surface area contributed by atoms with E-state index in [9.17, 15) is 4.79 Å². The van der Waals surface area contributed by atoms with E-state index in [2.05, 4.69) is 20.7 Å². The summed E-state index contributed by atoms with van der Waals surface area (Å²) in [7, 11) is 0. The summed E-state index contributed by atoms with van der Waals surface area (Å²) in [6.45, 7) is 1.27. The molecule has 0 saturated heterocycles. The minimum atomic E-state index is 0.0755. The minimum absolute atomic E-state index is 0.0755. The van der Waals surface area contributed by atoms with Crippen molar-refractivity contribution in [2.75, 3.05) is 11.9 Å². The fourth-order valence-corrected chi connectivity index (χ4v) is 2.14. The first-order valence-corrected chi connectivity index (χ1v) is 6.57. The highest BCUT2D eigenvalue weighted by Gasteiger charge is 2.14. The third-order valence-electron chi connectivity index (χ3n) is 3.13. The molecular formula is C13H15N5O2. The average Bonchev–Trinajstić information content (AvgIpc) is 2.97. The molecule has 7 heteroatoms. The van der Waals surface area contributed by atoms with Crippen LogP contribution in [0.2, 0.25) is 0 Å². The fraction of sp³-hybridized carbons (Fsp3) is 0.385. The van der Waals surface area contributed by atoms with Gasteiger partial charge in [-0.2, -0.15) is 4.80 Å². The summed E-state index contributed by atoms with van der Waals surface area (Å²) >= 11 is 0. The van der Waals surface area contributed by atoms with Gasteiger partial charge in [-0.25, -0.2) is 0 Å². The molecule has 1 aromatic carbocycles. The van der Waals surface area contributed by atoms with Crippen LogP contribution >= 0.6 is 0 Å². The second-order valence-electron chi connectivity index (χ2n) is 4.60. The van der Waals surface area contributed by atoms with Crippen LogP contribution in [0.25, 0.3) is 0 Å². The summed E-state index contributed by atoms with van der Waals surface area (Å²) in [5.74, 6) is 0.901. The quantitative estimate of drug-likeness (QED) is 0.823. The van der Waals surface area contributed by atoms with Crippen molar-refractivity contribution in [3.63, 3.8) is 0 Å².